The smallest absolute Gasteiger partial charge is 0.378 e. The molecule has 3 aromatic carbocycles. The monoisotopic (exact) mass is 661 g/mol. The van der Waals surface area contributed by atoms with Crippen LogP contribution in [0.3, 0.4) is 0 Å². The van der Waals surface area contributed by atoms with Gasteiger partial charge in [-0.05, 0) is 31.9 Å². The van der Waals surface area contributed by atoms with Crippen LogP contribution in [0, 0.1) is 71.3 Å². The number of non-ortho nitro benzene ring substituents is 2. The van der Waals surface area contributed by atoms with Gasteiger partial charge < -0.3 is 13.6 Å². The van der Waals surface area contributed by atoms with Crippen LogP contribution in [-0.4, -0.2) is 24.6 Å². The van der Waals surface area contributed by atoms with E-state index < -0.39 is 95.4 Å². The van der Waals surface area contributed by atoms with Gasteiger partial charge in [0.1, 0.15) is 5.56 Å². The van der Waals surface area contributed by atoms with Crippen molar-refractivity contribution < 1.29 is 55.9 Å². The molecule has 0 aliphatic carbocycles. The fraction of sp³-hybridized carbons (Fsp3) is 0.182. The van der Waals surface area contributed by atoms with Gasteiger partial charge in [-0.1, -0.05) is 6.07 Å². The van der Waals surface area contributed by atoms with E-state index in [1.54, 1.807) is 0 Å². The van der Waals surface area contributed by atoms with E-state index in [9.17, 15) is 68.3 Å². The summed E-state index contributed by atoms with van der Waals surface area (Å²) in [5.41, 5.74) is -9.19. The van der Waals surface area contributed by atoms with Gasteiger partial charge in [-0.2, -0.15) is 17.7 Å². The van der Waals surface area contributed by atoms with Gasteiger partial charge in [-0.25, -0.2) is 0 Å². The van der Waals surface area contributed by atoms with Crippen LogP contribution in [0.2, 0.25) is 0 Å². The van der Waals surface area contributed by atoms with Crippen LogP contribution in [0.1, 0.15) is 22.3 Å². The van der Waals surface area contributed by atoms with Gasteiger partial charge in [0.15, 0.2) is 0 Å². The molecule has 0 aromatic heterocycles. The summed E-state index contributed by atoms with van der Waals surface area (Å²) in [7, 11) is -6.08. The molecule has 0 saturated carbocycles. The van der Waals surface area contributed by atoms with Crippen LogP contribution in [0.15, 0.2) is 36.4 Å². The molecule has 0 heterocycles. The van der Waals surface area contributed by atoms with Crippen molar-refractivity contribution in [2.45, 2.75) is 26.9 Å². The zero-order chi connectivity index (χ0) is 34.2. The van der Waals surface area contributed by atoms with E-state index in [0.29, 0.717) is 12.1 Å². The first kappa shape index (κ1) is 33.6. The van der Waals surface area contributed by atoms with Crippen molar-refractivity contribution in [1.82, 2.24) is 0 Å². The number of phosphoric ester groups is 1. The molecule has 0 N–H and O–H groups in total. The number of nitro groups is 5. The summed E-state index contributed by atoms with van der Waals surface area (Å²) in [6, 6.07) is 2.83. The standard InChI is InChI=1S/C22H15F3N5O14P/c1-10-4-11(2)19(16(5-10)28(35)36)42-45(41,43-20-12(3)6-13(26(31)32)8-17(20)29(37)38)44-21-15(22(23,24)25)7-14(27(33)34)9-18(21)30(39)40/h4-9H,1-3H3. The van der Waals surface area contributed by atoms with E-state index in [4.69, 9.17) is 13.6 Å². The number of rotatable bonds is 11. The SMILES string of the molecule is Cc1cc(C)c(OP(=O)(Oc2c(C)cc([N+](=O)[O-])cc2[N+](=O)[O-])Oc2c([N+](=O)[O-])cc([N+](=O)[O-])cc2C(F)(F)F)c([N+](=O)[O-])c1. The lowest BCUT2D eigenvalue weighted by Crippen LogP contribution is -2.15. The number of nitro benzene ring substituents is 5. The van der Waals surface area contributed by atoms with E-state index in [2.05, 4.69) is 0 Å². The number of benzene rings is 3. The number of alkyl halides is 3. The molecule has 0 saturated heterocycles. The van der Waals surface area contributed by atoms with Crippen LogP contribution in [-0.2, 0) is 10.7 Å². The molecule has 0 spiro atoms. The first-order chi connectivity index (χ1) is 20.6. The van der Waals surface area contributed by atoms with Gasteiger partial charge in [0, 0.05) is 23.8 Å². The minimum Gasteiger partial charge on any atom is -0.378 e. The number of aryl methyl sites for hydroxylation is 3. The number of hydrogen-bond acceptors (Lipinski definition) is 14. The summed E-state index contributed by atoms with van der Waals surface area (Å²) >= 11 is 0. The summed E-state index contributed by atoms with van der Waals surface area (Å²) in [6.45, 7) is 3.47. The topological polar surface area (TPSA) is 260 Å². The minimum atomic E-state index is -6.08. The second-order valence-electron chi connectivity index (χ2n) is 8.89. The van der Waals surface area contributed by atoms with Crippen LogP contribution in [0.5, 0.6) is 17.2 Å². The minimum absolute atomic E-state index is 0.00800. The first-order valence-electron chi connectivity index (χ1n) is 11.6. The highest BCUT2D eigenvalue weighted by Gasteiger charge is 2.47. The fourth-order valence-corrected chi connectivity index (χ4v) is 5.27. The lowest BCUT2D eigenvalue weighted by molar-refractivity contribution is -0.395. The Hall–Kier alpha value is -5.92. The molecular weight excluding hydrogens is 646 g/mol. The van der Waals surface area contributed by atoms with Crippen molar-refractivity contribution in [2.75, 3.05) is 0 Å². The Bertz CT molecular complexity index is 1850. The van der Waals surface area contributed by atoms with Crippen LogP contribution in [0.4, 0.5) is 41.6 Å². The third-order valence-corrected chi connectivity index (χ3v) is 6.84. The molecule has 0 amide bonds. The van der Waals surface area contributed by atoms with Crippen molar-refractivity contribution in [2.24, 2.45) is 0 Å². The van der Waals surface area contributed by atoms with E-state index >= 15 is 0 Å². The second kappa shape index (κ2) is 12.0. The van der Waals surface area contributed by atoms with E-state index in [-0.39, 0.29) is 23.3 Å². The van der Waals surface area contributed by atoms with Crippen LogP contribution >= 0.6 is 7.82 Å². The van der Waals surface area contributed by atoms with E-state index in [1.807, 2.05) is 0 Å². The highest BCUT2D eigenvalue weighted by molar-refractivity contribution is 7.49. The Labute approximate surface area is 246 Å². The van der Waals surface area contributed by atoms with Gasteiger partial charge in [0.25, 0.3) is 11.4 Å². The maximum Gasteiger partial charge on any atom is 0.647 e. The van der Waals surface area contributed by atoms with E-state index in [1.165, 1.54) is 13.0 Å². The quantitative estimate of drug-likeness (QED) is 0.116. The second-order valence-corrected chi connectivity index (χ2v) is 10.3. The Morgan fingerprint density at radius 1 is 0.578 bits per heavy atom. The Morgan fingerprint density at radius 2 is 0.956 bits per heavy atom. The molecule has 19 nitrogen and oxygen atoms in total. The zero-order valence-electron chi connectivity index (χ0n) is 22.5. The summed E-state index contributed by atoms with van der Waals surface area (Å²) in [5.74, 6) is -4.13. The first-order valence-corrected chi connectivity index (χ1v) is 13.0. The van der Waals surface area contributed by atoms with Crippen molar-refractivity contribution in [3.63, 3.8) is 0 Å². The van der Waals surface area contributed by atoms with Gasteiger partial charge in [-0.3, -0.25) is 50.6 Å². The summed E-state index contributed by atoms with van der Waals surface area (Å²) in [5, 5.41) is 57.7. The Kier molecular flexibility index (Phi) is 8.95. The van der Waals surface area contributed by atoms with Gasteiger partial charge in [0.05, 0.1) is 36.7 Å². The molecule has 23 heteroatoms. The predicted molar refractivity (Wildman–Crippen MR) is 141 cm³/mol. The predicted octanol–water partition coefficient (Wildman–Crippen LogP) is 6.82. The number of hydrogen-bond donors (Lipinski definition) is 0. The maximum absolute atomic E-state index is 14.2. The normalized spacial score (nSPS) is 12.5. The average molecular weight is 661 g/mol. The molecule has 0 bridgehead atoms. The number of halogens is 3. The molecule has 0 aliphatic heterocycles. The van der Waals surface area contributed by atoms with Gasteiger partial charge >= 0.3 is 31.1 Å². The largest absolute Gasteiger partial charge is 0.647 e. The van der Waals surface area contributed by atoms with Crippen molar-refractivity contribution in [1.29, 1.82) is 0 Å². The van der Waals surface area contributed by atoms with Crippen molar-refractivity contribution in [3.8, 4) is 17.2 Å². The molecule has 3 aromatic rings. The molecular formula is C22H15F3N5O14P. The summed E-state index contributed by atoms with van der Waals surface area (Å²) in [6.07, 6.45) is -5.68. The Balaban J connectivity index is 2.42. The van der Waals surface area contributed by atoms with Crippen LogP contribution < -0.4 is 13.6 Å². The van der Waals surface area contributed by atoms with Crippen molar-refractivity contribution >= 4 is 36.3 Å². The molecule has 0 fully saturated rings. The summed E-state index contributed by atoms with van der Waals surface area (Å²) in [4.78, 5) is 51.3. The highest BCUT2D eigenvalue weighted by atomic mass is 31.2. The number of phosphoric acid groups is 1. The molecule has 45 heavy (non-hydrogen) atoms. The van der Waals surface area contributed by atoms with Gasteiger partial charge in [0.2, 0.25) is 17.2 Å². The van der Waals surface area contributed by atoms with Crippen molar-refractivity contribution in [3.05, 3.63) is 109 Å². The highest BCUT2D eigenvalue weighted by Crippen LogP contribution is 2.58. The van der Waals surface area contributed by atoms with Gasteiger partial charge in [-0.15, -0.1) is 0 Å². The van der Waals surface area contributed by atoms with E-state index in [0.717, 1.165) is 19.9 Å². The molecule has 0 aliphatic rings. The molecule has 1 unspecified atom stereocenters. The Morgan fingerprint density at radius 3 is 1.38 bits per heavy atom. The molecule has 0 radical (unpaired) electrons. The number of nitrogens with zero attached hydrogens (tertiary/aromatic N) is 5. The third-order valence-electron chi connectivity index (χ3n) is 5.62. The lowest BCUT2D eigenvalue weighted by atomic mass is 10.1. The van der Waals surface area contributed by atoms with Crippen LogP contribution in [0.25, 0.3) is 0 Å². The molecule has 238 valence electrons. The lowest BCUT2D eigenvalue weighted by Gasteiger charge is -2.22. The maximum atomic E-state index is 14.2. The average Bonchev–Trinajstić information content (AvgIpc) is 2.89. The molecule has 3 rings (SSSR count). The third kappa shape index (κ3) is 7.18. The zero-order valence-corrected chi connectivity index (χ0v) is 23.4. The fourth-order valence-electron chi connectivity index (χ4n) is 3.82. The molecule has 1 atom stereocenters. The summed E-state index contributed by atoms with van der Waals surface area (Å²) < 4.78 is 71.4.